The predicted molar refractivity (Wildman–Crippen MR) is 96.2 cm³/mol. The van der Waals surface area contributed by atoms with E-state index in [0.29, 0.717) is 11.8 Å². The molecule has 2 N–H and O–H groups in total. The summed E-state index contributed by atoms with van der Waals surface area (Å²) in [4.78, 5) is 0. The van der Waals surface area contributed by atoms with Crippen molar-refractivity contribution in [3.05, 3.63) is 53.5 Å². The molecule has 6 heteroatoms. The molecule has 0 amide bonds. The highest BCUT2D eigenvalue weighted by Gasteiger charge is 2.20. The van der Waals surface area contributed by atoms with Crippen molar-refractivity contribution in [2.45, 2.75) is 31.8 Å². The van der Waals surface area contributed by atoms with Gasteiger partial charge in [0, 0.05) is 50.2 Å². The lowest BCUT2D eigenvalue weighted by atomic mass is 9.88. The SMILES string of the molecule is Cn1cc(-c2nn(C)cc2CNC2CCc3cc(O)ccc3C2)cn1. The van der Waals surface area contributed by atoms with Crippen LogP contribution in [0.3, 0.4) is 0 Å². The maximum atomic E-state index is 9.62. The number of aromatic nitrogens is 4. The van der Waals surface area contributed by atoms with E-state index in [1.165, 1.54) is 16.7 Å². The number of nitrogens with zero attached hydrogens (tertiary/aromatic N) is 4. The summed E-state index contributed by atoms with van der Waals surface area (Å²) in [6.07, 6.45) is 9.01. The van der Waals surface area contributed by atoms with Crippen LogP contribution >= 0.6 is 0 Å². The lowest BCUT2D eigenvalue weighted by molar-refractivity contribution is 0.450. The summed E-state index contributed by atoms with van der Waals surface area (Å²) in [5, 5.41) is 22.1. The van der Waals surface area contributed by atoms with Gasteiger partial charge in [-0.25, -0.2) is 0 Å². The number of hydrogen-bond acceptors (Lipinski definition) is 4. The van der Waals surface area contributed by atoms with E-state index in [2.05, 4.69) is 21.7 Å². The molecule has 1 atom stereocenters. The highest BCUT2D eigenvalue weighted by atomic mass is 16.3. The summed E-state index contributed by atoms with van der Waals surface area (Å²) in [6.45, 7) is 0.788. The number of aryl methyl sites for hydroxylation is 3. The molecule has 4 rings (SSSR count). The van der Waals surface area contributed by atoms with E-state index in [-0.39, 0.29) is 0 Å². The molecule has 0 spiro atoms. The first-order valence-electron chi connectivity index (χ1n) is 8.64. The molecule has 130 valence electrons. The number of aromatic hydroxyl groups is 1. The van der Waals surface area contributed by atoms with Crippen LogP contribution in [0.4, 0.5) is 0 Å². The van der Waals surface area contributed by atoms with Crippen molar-refractivity contribution < 1.29 is 5.11 Å². The molecule has 0 aliphatic heterocycles. The third-order valence-corrected chi connectivity index (χ3v) is 4.88. The third kappa shape index (κ3) is 3.30. The third-order valence-electron chi connectivity index (χ3n) is 4.88. The van der Waals surface area contributed by atoms with Gasteiger partial charge < -0.3 is 10.4 Å². The van der Waals surface area contributed by atoms with E-state index in [9.17, 15) is 5.11 Å². The normalized spacial score (nSPS) is 16.8. The molecule has 6 nitrogen and oxygen atoms in total. The molecule has 25 heavy (non-hydrogen) atoms. The zero-order valence-corrected chi connectivity index (χ0v) is 14.6. The molecule has 3 aromatic rings. The van der Waals surface area contributed by atoms with Crippen molar-refractivity contribution in [3.63, 3.8) is 0 Å². The number of fused-ring (bicyclic) bond motifs is 1. The Morgan fingerprint density at radius 1 is 1.20 bits per heavy atom. The second-order valence-electron chi connectivity index (χ2n) is 6.85. The van der Waals surface area contributed by atoms with Gasteiger partial charge in [-0.3, -0.25) is 9.36 Å². The van der Waals surface area contributed by atoms with Crippen molar-refractivity contribution in [1.82, 2.24) is 24.9 Å². The molecule has 0 bridgehead atoms. The summed E-state index contributed by atoms with van der Waals surface area (Å²) >= 11 is 0. The van der Waals surface area contributed by atoms with E-state index in [0.717, 1.165) is 37.1 Å². The molecule has 1 unspecified atom stereocenters. The lowest BCUT2D eigenvalue weighted by Gasteiger charge is -2.25. The van der Waals surface area contributed by atoms with Gasteiger partial charge in [-0.1, -0.05) is 6.07 Å². The summed E-state index contributed by atoms with van der Waals surface area (Å²) in [6, 6.07) is 6.17. The molecule has 1 aliphatic carbocycles. The summed E-state index contributed by atoms with van der Waals surface area (Å²) in [5.41, 5.74) is 5.83. The van der Waals surface area contributed by atoms with Gasteiger partial charge in [0.05, 0.1) is 11.9 Å². The quantitative estimate of drug-likeness (QED) is 0.766. The molecular formula is C19H23N5O. The number of phenolic OH excluding ortho intramolecular Hbond substituents is 1. The molecule has 1 aromatic carbocycles. The Kier molecular flexibility index (Phi) is 4.05. The number of nitrogens with one attached hydrogen (secondary N) is 1. The van der Waals surface area contributed by atoms with Gasteiger partial charge in [0.1, 0.15) is 5.75 Å². The second-order valence-corrected chi connectivity index (χ2v) is 6.85. The molecule has 1 aliphatic rings. The van der Waals surface area contributed by atoms with Crippen molar-refractivity contribution in [3.8, 4) is 17.0 Å². The lowest BCUT2D eigenvalue weighted by Crippen LogP contribution is -2.34. The van der Waals surface area contributed by atoms with Gasteiger partial charge in [-0.2, -0.15) is 10.2 Å². The van der Waals surface area contributed by atoms with E-state index < -0.39 is 0 Å². The first-order valence-corrected chi connectivity index (χ1v) is 8.64. The highest BCUT2D eigenvalue weighted by molar-refractivity contribution is 5.60. The number of phenols is 1. The fourth-order valence-electron chi connectivity index (χ4n) is 3.62. The van der Waals surface area contributed by atoms with E-state index in [4.69, 9.17) is 0 Å². The van der Waals surface area contributed by atoms with Crippen LogP contribution in [0.25, 0.3) is 11.3 Å². The smallest absolute Gasteiger partial charge is 0.115 e. The summed E-state index contributed by atoms with van der Waals surface area (Å²) in [7, 11) is 3.87. The topological polar surface area (TPSA) is 67.9 Å². The van der Waals surface area contributed by atoms with Crippen LogP contribution in [-0.2, 0) is 33.5 Å². The number of rotatable bonds is 4. The predicted octanol–water partition coefficient (Wildman–Crippen LogP) is 2.17. The van der Waals surface area contributed by atoms with E-state index in [1.807, 2.05) is 43.3 Å². The average molecular weight is 337 g/mol. The molecule has 0 radical (unpaired) electrons. The fourth-order valence-corrected chi connectivity index (χ4v) is 3.62. The van der Waals surface area contributed by atoms with Crippen LogP contribution in [0.5, 0.6) is 5.75 Å². The molecule has 2 heterocycles. The Morgan fingerprint density at radius 2 is 2.08 bits per heavy atom. The van der Waals surface area contributed by atoms with Gasteiger partial charge in [-0.05, 0) is 42.5 Å². The molecule has 0 fully saturated rings. The number of hydrogen-bond donors (Lipinski definition) is 2. The maximum absolute atomic E-state index is 9.62. The summed E-state index contributed by atoms with van der Waals surface area (Å²) in [5.74, 6) is 0.363. The van der Waals surface area contributed by atoms with Crippen LogP contribution < -0.4 is 5.32 Å². The molecular weight excluding hydrogens is 314 g/mol. The monoisotopic (exact) mass is 337 g/mol. The van der Waals surface area contributed by atoms with Gasteiger partial charge in [0.25, 0.3) is 0 Å². The van der Waals surface area contributed by atoms with Gasteiger partial charge in [-0.15, -0.1) is 0 Å². The zero-order chi connectivity index (χ0) is 17.4. The van der Waals surface area contributed by atoms with Crippen molar-refractivity contribution in [2.75, 3.05) is 0 Å². The largest absolute Gasteiger partial charge is 0.508 e. The second kappa shape index (κ2) is 6.37. The van der Waals surface area contributed by atoms with Gasteiger partial charge >= 0.3 is 0 Å². The zero-order valence-electron chi connectivity index (χ0n) is 14.6. The van der Waals surface area contributed by atoms with Gasteiger partial charge in [0.15, 0.2) is 0 Å². The number of benzene rings is 1. The first kappa shape index (κ1) is 15.9. The Morgan fingerprint density at radius 3 is 2.88 bits per heavy atom. The Labute approximate surface area is 147 Å². The summed E-state index contributed by atoms with van der Waals surface area (Å²) < 4.78 is 3.66. The van der Waals surface area contributed by atoms with Crippen LogP contribution in [-0.4, -0.2) is 30.7 Å². The average Bonchev–Trinajstić information content (AvgIpc) is 3.18. The van der Waals surface area contributed by atoms with Crippen molar-refractivity contribution in [1.29, 1.82) is 0 Å². The standard InChI is InChI=1S/C19H23N5O/c1-23-11-16(10-21-23)19-15(12-24(2)22-19)9-20-17-5-3-14-8-18(25)6-4-13(14)7-17/h4,6,8,10-12,17,20,25H,3,5,7,9H2,1-2H3. The van der Waals surface area contributed by atoms with Gasteiger partial charge in [0.2, 0.25) is 0 Å². The van der Waals surface area contributed by atoms with E-state index in [1.54, 1.807) is 10.7 Å². The Balaban J connectivity index is 1.47. The van der Waals surface area contributed by atoms with Crippen LogP contribution in [0.2, 0.25) is 0 Å². The van der Waals surface area contributed by atoms with Crippen molar-refractivity contribution in [2.24, 2.45) is 14.1 Å². The Hall–Kier alpha value is -2.60. The molecule has 0 saturated carbocycles. The first-order chi connectivity index (χ1) is 12.1. The minimum atomic E-state index is 0.363. The highest BCUT2D eigenvalue weighted by Crippen LogP contribution is 2.26. The van der Waals surface area contributed by atoms with E-state index >= 15 is 0 Å². The van der Waals surface area contributed by atoms with Crippen LogP contribution in [0.1, 0.15) is 23.1 Å². The van der Waals surface area contributed by atoms with Crippen LogP contribution in [0.15, 0.2) is 36.8 Å². The van der Waals surface area contributed by atoms with Crippen molar-refractivity contribution >= 4 is 0 Å². The maximum Gasteiger partial charge on any atom is 0.115 e. The fraction of sp³-hybridized carbons (Fsp3) is 0.368. The minimum absolute atomic E-state index is 0.363. The minimum Gasteiger partial charge on any atom is -0.508 e. The van der Waals surface area contributed by atoms with Crippen LogP contribution in [0, 0.1) is 0 Å². The molecule has 0 saturated heterocycles. The molecule has 2 aromatic heterocycles. The Bertz CT molecular complexity index is 895.